The molecule has 0 radical (unpaired) electrons. The van der Waals surface area contributed by atoms with Crippen LogP contribution in [-0.4, -0.2) is 76.5 Å². The van der Waals surface area contributed by atoms with E-state index in [1.165, 1.54) is 6.33 Å². The van der Waals surface area contributed by atoms with E-state index < -0.39 is 49.5 Å². The molecule has 13 heteroatoms. The summed E-state index contributed by atoms with van der Waals surface area (Å²) in [6, 6.07) is 7.88. The Balaban J connectivity index is 1.93. The number of nitrogens with zero attached hydrogens (tertiary/aromatic N) is 4. The summed E-state index contributed by atoms with van der Waals surface area (Å²) in [5.41, 5.74) is 8.51. The van der Waals surface area contributed by atoms with Gasteiger partial charge in [-0.3, -0.25) is 4.57 Å². The Morgan fingerprint density at radius 2 is 1.32 bits per heavy atom. The maximum absolute atomic E-state index is 7.43. The van der Waals surface area contributed by atoms with Gasteiger partial charge in [0.05, 0.1) is 13.7 Å². The highest BCUT2D eigenvalue weighted by Gasteiger charge is 2.55. The second-order valence-electron chi connectivity index (χ2n) is 18.2. The molecule has 1 saturated heterocycles. The van der Waals surface area contributed by atoms with E-state index in [4.69, 9.17) is 38.5 Å². The first-order valence-corrected chi connectivity index (χ1v) is 26.5. The Labute approximate surface area is 303 Å². The molecule has 0 spiro atoms. The molecule has 50 heavy (non-hydrogen) atoms. The lowest BCUT2D eigenvalue weighted by atomic mass is 10.1. The number of hydrogen-bond donors (Lipinski definition) is 1. The average Bonchev–Trinajstić information content (AvgIpc) is 3.51. The van der Waals surface area contributed by atoms with E-state index in [0.717, 1.165) is 11.3 Å². The molecule has 2 N–H and O–H groups in total. The van der Waals surface area contributed by atoms with E-state index in [0.29, 0.717) is 29.4 Å². The Morgan fingerprint density at radius 1 is 0.780 bits per heavy atom. The summed E-state index contributed by atoms with van der Waals surface area (Å²) in [7, 11) is -5.18. The van der Waals surface area contributed by atoms with Crippen LogP contribution in [0.5, 0.6) is 5.75 Å². The Bertz CT molecular complexity index is 1650. The fourth-order valence-electron chi connectivity index (χ4n) is 5.06. The van der Waals surface area contributed by atoms with Crippen molar-refractivity contribution < 1.29 is 22.8 Å². The third-order valence-corrected chi connectivity index (χ3v) is 24.9. The Kier molecular flexibility index (Phi) is 11.5. The molecule has 4 rings (SSSR count). The smallest absolute Gasteiger partial charge is 0.192 e. The minimum atomic E-state index is -2.38. The van der Waals surface area contributed by atoms with Gasteiger partial charge in [0.1, 0.15) is 36.2 Å². The minimum Gasteiger partial charge on any atom is -0.497 e. The quantitative estimate of drug-likeness (QED) is 0.192. The molecule has 0 amide bonds. The molecule has 2 aromatic heterocycles. The van der Waals surface area contributed by atoms with Gasteiger partial charge >= 0.3 is 0 Å². The molecular weight excluding hydrogens is 679 g/mol. The summed E-state index contributed by atoms with van der Waals surface area (Å²) >= 11 is 0. The largest absolute Gasteiger partial charge is 0.497 e. The molecule has 3 aromatic rings. The van der Waals surface area contributed by atoms with Gasteiger partial charge in [0.2, 0.25) is 0 Å². The van der Waals surface area contributed by atoms with Crippen molar-refractivity contribution in [3.05, 3.63) is 42.0 Å². The van der Waals surface area contributed by atoms with E-state index in [9.17, 15) is 0 Å². The zero-order chi connectivity index (χ0) is 37.7. The van der Waals surface area contributed by atoms with Crippen LogP contribution >= 0.6 is 0 Å². The Morgan fingerprint density at radius 3 is 1.84 bits per heavy atom. The van der Waals surface area contributed by atoms with Crippen molar-refractivity contribution in [2.24, 2.45) is 0 Å². The third kappa shape index (κ3) is 8.45. The molecule has 0 aliphatic carbocycles. The number of rotatable bonds is 11. The molecule has 0 unspecified atom stereocenters. The van der Waals surface area contributed by atoms with Crippen molar-refractivity contribution >= 4 is 54.1 Å². The molecule has 1 fully saturated rings. The van der Waals surface area contributed by atoms with E-state index in [1.807, 2.05) is 41.0 Å². The zero-order valence-electron chi connectivity index (χ0n) is 33.5. The number of methoxy groups -OCH3 is 1. The van der Waals surface area contributed by atoms with Gasteiger partial charge in [-0.05, 0) is 78.2 Å². The van der Waals surface area contributed by atoms with Gasteiger partial charge in [0, 0.05) is 0 Å². The van der Waals surface area contributed by atoms with Crippen LogP contribution in [0.1, 0.15) is 79.9 Å². The normalized spacial score (nSPS) is 21.4. The second-order valence-corrected chi connectivity index (χ2v) is 32.5. The predicted octanol–water partition coefficient (Wildman–Crippen LogP) is 9.29. The summed E-state index contributed by atoms with van der Waals surface area (Å²) in [4.78, 5) is 14.0. The van der Waals surface area contributed by atoms with Gasteiger partial charge in [-0.2, -0.15) is 0 Å². The van der Waals surface area contributed by atoms with Gasteiger partial charge in [-0.25, -0.2) is 15.0 Å². The van der Waals surface area contributed by atoms with Crippen molar-refractivity contribution in [2.75, 3.05) is 19.5 Å². The van der Waals surface area contributed by atoms with E-state index in [2.05, 4.69) is 107 Å². The summed E-state index contributed by atoms with van der Waals surface area (Å²) in [5, 5.41) is -0.0607. The van der Waals surface area contributed by atoms with Gasteiger partial charge in [0.15, 0.2) is 48.2 Å². The molecule has 4 atom stereocenters. The molecule has 3 heterocycles. The monoisotopic (exact) mass is 741 g/mol. The van der Waals surface area contributed by atoms with Gasteiger partial charge in [-0.15, -0.1) is 0 Å². The van der Waals surface area contributed by atoms with Crippen molar-refractivity contribution in [3.8, 4) is 5.75 Å². The Hall–Kier alpha value is -2.40. The number of aromatic nitrogens is 4. The molecule has 1 aliphatic heterocycles. The maximum Gasteiger partial charge on any atom is 0.192 e. The van der Waals surface area contributed by atoms with E-state index in [-0.39, 0.29) is 15.1 Å². The fraction of sp³-hybridized carbons (Fsp3) is 0.649. The molecular formula is C37H63N5O5Si3. The minimum absolute atomic E-state index is 0.0340. The number of fused-ring (bicyclic) bond motifs is 1. The first kappa shape index (κ1) is 40.4. The van der Waals surface area contributed by atoms with Crippen LogP contribution in [0.3, 0.4) is 0 Å². The fourth-order valence-corrected chi connectivity index (χ4v) is 8.67. The lowest BCUT2D eigenvalue weighted by Gasteiger charge is -2.44. The molecule has 10 nitrogen and oxygen atoms in total. The van der Waals surface area contributed by atoms with Crippen LogP contribution in [0.4, 0.5) is 5.82 Å². The van der Waals surface area contributed by atoms with E-state index >= 15 is 0 Å². The highest BCUT2D eigenvalue weighted by Crippen LogP contribution is 2.47. The number of benzene rings is 1. The number of nitrogen functional groups attached to an aromatic ring is 1. The van der Waals surface area contributed by atoms with Crippen LogP contribution in [-0.2, 0) is 18.0 Å². The lowest BCUT2D eigenvalue weighted by Crippen LogP contribution is -2.54. The standard InChI is InChI=1S/C37H63N5O5Si3/c1-35(2,3)48(11,12)44-23-27-30(46-49(13,14)36(4,5)6)31(47-50(15,16)37(7,8)9)34(45-27)42-28(41-29-32(38)39-24-40-33(29)42)22-19-25-17-20-26(43-10)21-18-25/h17-22,24,27,30-31,34H,23H2,1-16H3,(H2,38,39,40)/b22-19+/t27-,30-,31-,34-/m1/s1. The van der Waals surface area contributed by atoms with Gasteiger partial charge in [-0.1, -0.05) is 80.5 Å². The van der Waals surface area contributed by atoms with Crippen LogP contribution in [0.15, 0.2) is 30.6 Å². The topological polar surface area (TPSA) is 116 Å². The number of hydrogen-bond acceptors (Lipinski definition) is 9. The number of ether oxygens (including phenoxy) is 2. The molecule has 1 aliphatic rings. The molecule has 0 saturated carbocycles. The first-order valence-electron chi connectivity index (χ1n) is 17.8. The van der Waals surface area contributed by atoms with Crippen molar-refractivity contribution in [3.63, 3.8) is 0 Å². The zero-order valence-corrected chi connectivity index (χ0v) is 36.5. The van der Waals surface area contributed by atoms with Crippen LogP contribution in [0.2, 0.25) is 54.4 Å². The summed E-state index contributed by atoms with van der Waals surface area (Å²) in [5.74, 6) is 1.73. The van der Waals surface area contributed by atoms with Crippen LogP contribution < -0.4 is 10.5 Å². The average molecular weight is 742 g/mol. The molecule has 1 aromatic carbocycles. The van der Waals surface area contributed by atoms with Gasteiger partial charge < -0.3 is 28.5 Å². The first-order chi connectivity index (χ1) is 22.8. The van der Waals surface area contributed by atoms with Crippen molar-refractivity contribution in [1.82, 2.24) is 19.5 Å². The van der Waals surface area contributed by atoms with E-state index in [1.54, 1.807) is 7.11 Å². The maximum atomic E-state index is 7.43. The van der Waals surface area contributed by atoms with Crippen molar-refractivity contribution in [1.29, 1.82) is 0 Å². The molecule has 0 bridgehead atoms. The SMILES string of the molecule is COc1ccc(/C=C/c2nc3c(N)ncnc3n2[C@@H]2O[C@H](CO[Si](C)(C)C(C)(C)C)[C@@H](O[Si](C)(C)C(C)(C)C)[C@H]2O[Si](C)(C)C(C)(C)C)cc1. The van der Waals surface area contributed by atoms with Gasteiger partial charge in [0.25, 0.3) is 0 Å². The van der Waals surface area contributed by atoms with Crippen LogP contribution in [0.25, 0.3) is 23.3 Å². The van der Waals surface area contributed by atoms with Crippen LogP contribution in [0, 0.1) is 0 Å². The number of anilines is 1. The number of imidazole rings is 1. The lowest BCUT2D eigenvalue weighted by molar-refractivity contribution is -0.0473. The number of nitrogens with two attached hydrogens (primary N) is 1. The van der Waals surface area contributed by atoms with Crippen molar-refractivity contribution in [2.45, 2.75) is 141 Å². The summed E-state index contributed by atoms with van der Waals surface area (Å²) in [6.45, 7) is 34.4. The molecule has 278 valence electrons. The summed E-state index contributed by atoms with van der Waals surface area (Å²) < 4.78 is 36.3. The predicted molar refractivity (Wildman–Crippen MR) is 213 cm³/mol. The second kappa shape index (κ2) is 14.2. The highest BCUT2D eigenvalue weighted by molar-refractivity contribution is 6.75. The third-order valence-electron chi connectivity index (χ3n) is 11.5. The highest BCUT2D eigenvalue weighted by atomic mass is 28.4. The summed E-state index contributed by atoms with van der Waals surface area (Å²) in [6.07, 6.45) is 3.58.